The number of H-pyrrole nitrogens is 1. The van der Waals surface area contributed by atoms with Crippen LogP contribution in [0.2, 0.25) is 0 Å². The molecule has 1 fully saturated rings. The van der Waals surface area contributed by atoms with E-state index >= 15 is 0 Å². The molecule has 1 aliphatic carbocycles. The Labute approximate surface area is 195 Å². The van der Waals surface area contributed by atoms with Gasteiger partial charge in [-0.05, 0) is 56.0 Å². The fraction of sp³-hybridized carbons (Fsp3) is 0.480. The van der Waals surface area contributed by atoms with Crippen LogP contribution in [0.25, 0.3) is 0 Å². The molecule has 178 valence electrons. The number of benzene rings is 1. The third kappa shape index (κ3) is 6.52. The van der Waals surface area contributed by atoms with E-state index in [1.807, 2.05) is 32.0 Å². The number of nitrogens with one attached hydrogen (secondary N) is 5. The van der Waals surface area contributed by atoms with Crippen molar-refractivity contribution in [2.45, 2.75) is 58.7 Å². The number of amides is 1. The smallest absolute Gasteiger partial charge is 0.253 e. The molecule has 0 saturated heterocycles. The number of ether oxygens (including phenoxy) is 1. The number of anilines is 1. The van der Waals surface area contributed by atoms with Gasteiger partial charge in [0.25, 0.3) is 11.5 Å². The lowest BCUT2D eigenvalue weighted by Crippen LogP contribution is -2.29. The van der Waals surface area contributed by atoms with E-state index in [1.165, 1.54) is 19.1 Å². The molecule has 0 aliphatic heterocycles. The third-order valence-corrected chi connectivity index (χ3v) is 6.08. The summed E-state index contributed by atoms with van der Waals surface area (Å²) in [6.45, 7) is 5.70. The first-order chi connectivity index (χ1) is 15.9. The minimum Gasteiger partial charge on any atom is -0.383 e. The fourth-order valence-corrected chi connectivity index (χ4v) is 4.34. The summed E-state index contributed by atoms with van der Waals surface area (Å²) in [6.07, 6.45) is 5.79. The second-order valence-corrected chi connectivity index (χ2v) is 8.67. The number of aryl methyl sites for hydroxylation is 2. The third-order valence-electron chi connectivity index (χ3n) is 6.08. The van der Waals surface area contributed by atoms with Crippen LogP contribution in [-0.2, 0) is 17.8 Å². The predicted octanol–water partition coefficient (Wildman–Crippen LogP) is 3.01. The van der Waals surface area contributed by atoms with E-state index in [4.69, 9.17) is 10.1 Å². The van der Waals surface area contributed by atoms with Crippen LogP contribution in [0.4, 0.5) is 5.69 Å². The Morgan fingerprint density at radius 3 is 2.64 bits per heavy atom. The maximum absolute atomic E-state index is 13.2. The molecule has 1 amide bonds. The molecule has 5 N–H and O–H groups in total. The lowest BCUT2D eigenvalue weighted by Gasteiger charge is -2.20. The number of pyridine rings is 1. The number of methoxy groups -OCH3 is 1. The van der Waals surface area contributed by atoms with Crippen LogP contribution in [0.1, 0.15) is 64.0 Å². The van der Waals surface area contributed by atoms with E-state index in [-0.39, 0.29) is 18.0 Å². The summed E-state index contributed by atoms with van der Waals surface area (Å²) >= 11 is 0. The molecular weight excluding hydrogens is 418 g/mol. The topological polar surface area (TPSA) is 119 Å². The molecule has 8 heteroatoms. The highest BCUT2D eigenvalue weighted by atomic mass is 16.5. The number of carbonyl (C=O) groups is 1. The van der Waals surface area contributed by atoms with E-state index in [0.29, 0.717) is 42.4 Å². The van der Waals surface area contributed by atoms with Gasteiger partial charge in [0.05, 0.1) is 12.2 Å². The molecule has 1 heterocycles. The molecule has 0 bridgehead atoms. The SMILES string of the molecule is COCCNCc1cc(NC2CCCC2)c(C=N)c(C(=O)NCc2c(C)cc(C)[nH]c2=O)c1. The number of rotatable bonds is 11. The number of hydrogen-bond acceptors (Lipinski definition) is 6. The zero-order valence-electron chi connectivity index (χ0n) is 19.8. The van der Waals surface area contributed by atoms with E-state index in [1.54, 1.807) is 7.11 Å². The molecule has 8 nitrogen and oxygen atoms in total. The predicted molar refractivity (Wildman–Crippen MR) is 131 cm³/mol. The summed E-state index contributed by atoms with van der Waals surface area (Å²) in [5.41, 5.74) is 4.71. The summed E-state index contributed by atoms with van der Waals surface area (Å²) in [7, 11) is 1.66. The monoisotopic (exact) mass is 453 g/mol. The number of aromatic nitrogens is 1. The zero-order valence-corrected chi connectivity index (χ0v) is 19.8. The van der Waals surface area contributed by atoms with Gasteiger partial charge in [0, 0.05) is 61.5 Å². The maximum Gasteiger partial charge on any atom is 0.253 e. The van der Waals surface area contributed by atoms with Crippen molar-refractivity contribution < 1.29 is 9.53 Å². The van der Waals surface area contributed by atoms with E-state index < -0.39 is 0 Å². The van der Waals surface area contributed by atoms with Crippen LogP contribution < -0.4 is 21.5 Å². The van der Waals surface area contributed by atoms with Crippen molar-refractivity contribution in [3.05, 3.63) is 62.1 Å². The Bertz CT molecular complexity index is 1040. The number of carbonyl (C=O) groups excluding carboxylic acids is 1. The van der Waals surface area contributed by atoms with Gasteiger partial charge in [0.15, 0.2) is 0 Å². The lowest BCUT2D eigenvalue weighted by atomic mass is 10.00. The van der Waals surface area contributed by atoms with Gasteiger partial charge in [-0.2, -0.15) is 0 Å². The largest absolute Gasteiger partial charge is 0.383 e. The first kappa shape index (κ1) is 24.7. The highest BCUT2D eigenvalue weighted by Gasteiger charge is 2.20. The Balaban J connectivity index is 1.86. The van der Waals surface area contributed by atoms with Crippen LogP contribution in [0.5, 0.6) is 0 Å². The van der Waals surface area contributed by atoms with Crippen LogP contribution in [0.3, 0.4) is 0 Å². The summed E-state index contributed by atoms with van der Waals surface area (Å²) < 4.78 is 5.09. The molecule has 0 unspecified atom stereocenters. The summed E-state index contributed by atoms with van der Waals surface area (Å²) in [5, 5.41) is 17.8. The van der Waals surface area contributed by atoms with Crippen LogP contribution in [0, 0.1) is 19.3 Å². The van der Waals surface area contributed by atoms with E-state index in [9.17, 15) is 9.59 Å². The van der Waals surface area contributed by atoms with Gasteiger partial charge in [0.2, 0.25) is 0 Å². The zero-order chi connectivity index (χ0) is 23.8. The molecule has 0 radical (unpaired) electrons. The molecular formula is C25H35N5O3. The Morgan fingerprint density at radius 1 is 1.21 bits per heavy atom. The molecule has 0 spiro atoms. The van der Waals surface area contributed by atoms with Gasteiger partial charge in [-0.15, -0.1) is 0 Å². The minimum atomic E-state index is -0.305. The van der Waals surface area contributed by atoms with Crippen molar-refractivity contribution in [3.8, 4) is 0 Å². The molecule has 1 aliphatic rings. The van der Waals surface area contributed by atoms with E-state index in [0.717, 1.165) is 35.3 Å². The van der Waals surface area contributed by atoms with Gasteiger partial charge < -0.3 is 31.1 Å². The molecule has 1 saturated carbocycles. The Kier molecular flexibility index (Phi) is 8.79. The molecule has 0 atom stereocenters. The average molecular weight is 454 g/mol. The van der Waals surface area contributed by atoms with Crippen LogP contribution in [0.15, 0.2) is 23.0 Å². The maximum atomic E-state index is 13.2. The van der Waals surface area contributed by atoms with Gasteiger partial charge in [-0.25, -0.2) is 0 Å². The Morgan fingerprint density at radius 2 is 1.97 bits per heavy atom. The van der Waals surface area contributed by atoms with E-state index in [2.05, 4.69) is 20.9 Å². The summed E-state index contributed by atoms with van der Waals surface area (Å²) in [5.74, 6) is -0.305. The average Bonchev–Trinajstić information content (AvgIpc) is 3.28. The van der Waals surface area contributed by atoms with Crippen LogP contribution in [-0.4, -0.2) is 43.4 Å². The second-order valence-electron chi connectivity index (χ2n) is 8.67. The van der Waals surface area contributed by atoms with Crippen molar-refractivity contribution >= 4 is 17.8 Å². The van der Waals surface area contributed by atoms with Crippen LogP contribution >= 0.6 is 0 Å². The fourth-order valence-electron chi connectivity index (χ4n) is 4.34. The van der Waals surface area contributed by atoms with Crippen molar-refractivity contribution in [2.75, 3.05) is 25.6 Å². The first-order valence-corrected chi connectivity index (χ1v) is 11.5. The van der Waals surface area contributed by atoms with Crippen molar-refractivity contribution in [2.24, 2.45) is 0 Å². The summed E-state index contributed by atoms with van der Waals surface area (Å²) in [6, 6.07) is 6.08. The normalized spacial score (nSPS) is 13.8. The van der Waals surface area contributed by atoms with Gasteiger partial charge in [-0.1, -0.05) is 12.8 Å². The van der Waals surface area contributed by atoms with Gasteiger partial charge in [-0.3, -0.25) is 9.59 Å². The standard InChI is InChI=1S/C25H35N5O3/c1-16-10-17(2)29-25(32)22(16)15-28-24(31)20-11-18(14-27-8-9-33-3)12-23(21(20)13-26)30-19-6-4-5-7-19/h10-13,19,26-27,30H,4-9,14-15H2,1-3H3,(H,28,31)(H,29,32). The first-order valence-electron chi connectivity index (χ1n) is 11.5. The van der Waals surface area contributed by atoms with Gasteiger partial charge >= 0.3 is 0 Å². The van der Waals surface area contributed by atoms with Crippen molar-refractivity contribution in [1.82, 2.24) is 15.6 Å². The molecule has 3 rings (SSSR count). The number of hydrogen-bond donors (Lipinski definition) is 5. The van der Waals surface area contributed by atoms with Crippen molar-refractivity contribution in [1.29, 1.82) is 5.41 Å². The lowest BCUT2D eigenvalue weighted by molar-refractivity contribution is 0.0950. The molecule has 2 aromatic rings. The highest BCUT2D eigenvalue weighted by molar-refractivity contribution is 6.05. The molecule has 1 aromatic carbocycles. The van der Waals surface area contributed by atoms with Crippen molar-refractivity contribution in [3.63, 3.8) is 0 Å². The van der Waals surface area contributed by atoms with Gasteiger partial charge in [0.1, 0.15) is 0 Å². The second kappa shape index (κ2) is 11.8. The summed E-state index contributed by atoms with van der Waals surface area (Å²) in [4.78, 5) is 28.3. The molecule has 33 heavy (non-hydrogen) atoms. The highest BCUT2D eigenvalue weighted by Crippen LogP contribution is 2.27. The molecule has 1 aromatic heterocycles. The quantitative estimate of drug-likeness (QED) is 0.265. The minimum absolute atomic E-state index is 0.124. The Hall–Kier alpha value is -2.97. The number of aromatic amines is 1.